The van der Waals surface area contributed by atoms with Crippen molar-refractivity contribution in [3.05, 3.63) is 133 Å². The predicted molar refractivity (Wildman–Crippen MR) is 166 cm³/mol. The molecule has 10 nitrogen and oxygen atoms in total. The molecular formula is C34H26N8O2. The van der Waals surface area contributed by atoms with Crippen LogP contribution in [0.1, 0.15) is 20.7 Å². The maximum Gasteiger partial charge on any atom is 0.251 e. The molecular weight excluding hydrogens is 552 g/mol. The van der Waals surface area contributed by atoms with Crippen LogP contribution in [0.4, 0.5) is 0 Å². The lowest BCUT2D eigenvalue weighted by Crippen LogP contribution is -2.34. The van der Waals surface area contributed by atoms with Gasteiger partial charge in [-0.1, -0.05) is 24.3 Å². The van der Waals surface area contributed by atoms with Crippen LogP contribution in [0.25, 0.3) is 45.6 Å². The molecule has 2 N–H and O–H groups in total. The number of amides is 2. The van der Waals surface area contributed by atoms with Gasteiger partial charge in [0.05, 0.1) is 45.6 Å². The van der Waals surface area contributed by atoms with Gasteiger partial charge in [0, 0.05) is 49.0 Å². The van der Waals surface area contributed by atoms with Gasteiger partial charge in [0.25, 0.3) is 11.8 Å². The molecule has 0 radical (unpaired) electrons. The highest BCUT2D eigenvalue weighted by Crippen LogP contribution is 2.24. The summed E-state index contributed by atoms with van der Waals surface area (Å²) in [5.41, 5.74) is 5.57. The summed E-state index contributed by atoms with van der Waals surface area (Å²) >= 11 is 0. The number of hydrogen-bond acceptors (Lipinski definition) is 8. The first-order valence-corrected chi connectivity index (χ1v) is 13.9. The van der Waals surface area contributed by atoms with Crippen LogP contribution in [0.3, 0.4) is 0 Å². The van der Waals surface area contributed by atoms with Gasteiger partial charge in [0.2, 0.25) is 0 Å². The second-order valence-electron chi connectivity index (χ2n) is 9.62. The Morgan fingerprint density at radius 3 is 0.977 bits per heavy atom. The minimum absolute atomic E-state index is 0.204. The highest BCUT2D eigenvalue weighted by Gasteiger charge is 2.15. The molecule has 0 saturated heterocycles. The van der Waals surface area contributed by atoms with Gasteiger partial charge in [-0.15, -0.1) is 0 Å². The first-order chi connectivity index (χ1) is 21.6. The number of aromatic nitrogens is 6. The molecule has 0 fully saturated rings. The second kappa shape index (κ2) is 13.2. The Morgan fingerprint density at radius 1 is 0.432 bits per heavy atom. The maximum atomic E-state index is 13.2. The number of carbonyl (C=O) groups is 2. The van der Waals surface area contributed by atoms with Gasteiger partial charge in [-0.05, 0) is 72.8 Å². The fourth-order valence-electron chi connectivity index (χ4n) is 4.46. The van der Waals surface area contributed by atoms with Crippen molar-refractivity contribution < 1.29 is 9.59 Å². The van der Waals surface area contributed by atoms with Crippen LogP contribution in [-0.2, 0) is 0 Å². The van der Waals surface area contributed by atoms with E-state index in [4.69, 9.17) is 9.97 Å². The summed E-state index contributed by atoms with van der Waals surface area (Å²) in [7, 11) is 0. The van der Waals surface area contributed by atoms with Gasteiger partial charge in [0.1, 0.15) is 0 Å². The van der Waals surface area contributed by atoms with E-state index in [0.29, 0.717) is 56.7 Å². The zero-order valence-corrected chi connectivity index (χ0v) is 23.5. The molecule has 0 bridgehead atoms. The molecule has 0 aliphatic carbocycles. The Labute approximate surface area is 253 Å². The summed E-state index contributed by atoms with van der Waals surface area (Å²) in [4.78, 5) is 53.4. The SMILES string of the molecule is O=C(NCCNC(=O)c1cc(-c2ccccn2)nc(-c2ccccn2)c1)c1cc(-c2ccccn2)nc(-c2ccccn2)c1. The van der Waals surface area contributed by atoms with Crippen LogP contribution >= 0.6 is 0 Å². The number of pyridine rings is 6. The molecule has 0 aliphatic heterocycles. The van der Waals surface area contributed by atoms with E-state index in [1.165, 1.54) is 0 Å². The molecule has 0 unspecified atom stereocenters. The fraction of sp³-hybridized carbons (Fsp3) is 0.0588. The number of hydrogen-bond donors (Lipinski definition) is 2. The van der Waals surface area contributed by atoms with Crippen molar-refractivity contribution >= 4 is 11.8 Å². The fourth-order valence-corrected chi connectivity index (χ4v) is 4.46. The zero-order valence-electron chi connectivity index (χ0n) is 23.5. The van der Waals surface area contributed by atoms with Gasteiger partial charge in [-0.3, -0.25) is 29.5 Å². The van der Waals surface area contributed by atoms with Crippen LogP contribution in [0.5, 0.6) is 0 Å². The van der Waals surface area contributed by atoms with E-state index in [-0.39, 0.29) is 24.9 Å². The molecule has 214 valence electrons. The molecule has 6 rings (SSSR count). The van der Waals surface area contributed by atoms with Crippen LogP contribution in [-0.4, -0.2) is 54.8 Å². The normalized spacial score (nSPS) is 10.6. The molecule has 0 atom stereocenters. The van der Waals surface area contributed by atoms with Crippen molar-refractivity contribution in [1.82, 2.24) is 40.5 Å². The molecule has 10 heteroatoms. The third-order valence-electron chi connectivity index (χ3n) is 6.58. The standard InChI is InChI=1S/C34H26N8O2/c43-33(23-19-29(25-9-1-5-13-35-25)41-30(20-23)26-10-2-6-14-36-26)39-17-18-40-34(44)24-21-31(27-11-3-7-15-37-27)42-32(22-24)28-12-4-8-16-38-28/h1-16,19-22H,17-18H2,(H,39,43)(H,40,44). The third-order valence-corrected chi connectivity index (χ3v) is 6.58. The monoisotopic (exact) mass is 578 g/mol. The highest BCUT2D eigenvalue weighted by atomic mass is 16.2. The maximum absolute atomic E-state index is 13.2. The van der Waals surface area contributed by atoms with E-state index >= 15 is 0 Å². The van der Waals surface area contributed by atoms with E-state index < -0.39 is 0 Å². The molecule has 0 saturated carbocycles. The van der Waals surface area contributed by atoms with Crippen LogP contribution < -0.4 is 10.6 Å². The summed E-state index contributed by atoms with van der Waals surface area (Å²) in [5.74, 6) is -0.621. The van der Waals surface area contributed by atoms with Crippen LogP contribution in [0.15, 0.2) is 122 Å². The molecule has 44 heavy (non-hydrogen) atoms. The van der Waals surface area contributed by atoms with Crippen molar-refractivity contribution in [2.24, 2.45) is 0 Å². The average molecular weight is 579 g/mol. The minimum Gasteiger partial charge on any atom is -0.350 e. The quantitative estimate of drug-likeness (QED) is 0.232. The van der Waals surface area contributed by atoms with Crippen molar-refractivity contribution in [3.8, 4) is 45.6 Å². The van der Waals surface area contributed by atoms with E-state index in [9.17, 15) is 9.59 Å². The average Bonchev–Trinajstić information content (AvgIpc) is 3.11. The van der Waals surface area contributed by atoms with E-state index in [1.807, 2.05) is 72.8 Å². The molecule has 0 aliphatic rings. The van der Waals surface area contributed by atoms with Gasteiger partial charge < -0.3 is 10.6 Å². The molecule has 0 aromatic carbocycles. The van der Waals surface area contributed by atoms with Crippen molar-refractivity contribution in [2.75, 3.05) is 13.1 Å². The molecule has 6 heterocycles. The van der Waals surface area contributed by atoms with Crippen LogP contribution in [0.2, 0.25) is 0 Å². The lowest BCUT2D eigenvalue weighted by atomic mass is 10.1. The molecule has 2 amide bonds. The zero-order chi connectivity index (χ0) is 30.1. The summed E-state index contributed by atoms with van der Waals surface area (Å²) in [5, 5.41) is 5.77. The lowest BCUT2D eigenvalue weighted by molar-refractivity contribution is 0.0927. The number of carbonyl (C=O) groups excluding carboxylic acids is 2. The Bertz CT molecular complexity index is 1630. The van der Waals surface area contributed by atoms with E-state index in [2.05, 4.69) is 30.6 Å². The topological polar surface area (TPSA) is 136 Å². The van der Waals surface area contributed by atoms with Gasteiger partial charge in [-0.25, -0.2) is 9.97 Å². The van der Waals surface area contributed by atoms with E-state index in [0.717, 1.165) is 0 Å². The lowest BCUT2D eigenvalue weighted by Gasteiger charge is -2.11. The van der Waals surface area contributed by atoms with Gasteiger partial charge in [-0.2, -0.15) is 0 Å². The Kier molecular flexibility index (Phi) is 8.40. The van der Waals surface area contributed by atoms with Crippen molar-refractivity contribution in [3.63, 3.8) is 0 Å². The van der Waals surface area contributed by atoms with Crippen LogP contribution in [0, 0.1) is 0 Å². The van der Waals surface area contributed by atoms with Gasteiger partial charge in [0.15, 0.2) is 0 Å². The third kappa shape index (κ3) is 6.66. The smallest absolute Gasteiger partial charge is 0.251 e. The Balaban J connectivity index is 1.16. The van der Waals surface area contributed by atoms with Crippen molar-refractivity contribution in [2.45, 2.75) is 0 Å². The summed E-state index contributed by atoms with van der Waals surface area (Å²) in [6.07, 6.45) is 6.70. The minimum atomic E-state index is -0.310. The van der Waals surface area contributed by atoms with Gasteiger partial charge >= 0.3 is 0 Å². The Hall–Kier alpha value is -6.16. The second-order valence-corrected chi connectivity index (χ2v) is 9.62. The van der Waals surface area contributed by atoms with Crippen molar-refractivity contribution in [1.29, 1.82) is 0 Å². The predicted octanol–water partition coefficient (Wildman–Crippen LogP) is 4.88. The number of nitrogens with zero attached hydrogens (tertiary/aromatic N) is 6. The number of rotatable bonds is 9. The first kappa shape index (κ1) is 28.0. The molecule has 6 aromatic rings. The Morgan fingerprint density at radius 2 is 0.727 bits per heavy atom. The summed E-state index contributed by atoms with van der Waals surface area (Å²) in [6, 6.07) is 28.8. The first-order valence-electron chi connectivity index (χ1n) is 13.9. The molecule has 0 spiro atoms. The number of nitrogens with one attached hydrogen (secondary N) is 2. The molecule has 6 aromatic heterocycles. The highest BCUT2D eigenvalue weighted by molar-refractivity contribution is 5.97. The van der Waals surface area contributed by atoms with E-state index in [1.54, 1.807) is 49.1 Å². The largest absolute Gasteiger partial charge is 0.350 e. The summed E-state index contributed by atoms with van der Waals surface area (Å²) in [6.45, 7) is 0.409. The summed E-state index contributed by atoms with van der Waals surface area (Å²) < 4.78 is 0.